The molecule has 0 aliphatic heterocycles. The first-order valence-corrected chi connectivity index (χ1v) is 7.78. The molecule has 4 nitrogen and oxygen atoms in total. The molecule has 0 unspecified atom stereocenters. The Balaban J connectivity index is 1.75. The highest BCUT2D eigenvalue weighted by Gasteiger charge is 2.04. The van der Waals surface area contributed by atoms with Gasteiger partial charge in [0.05, 0.1) is 6.54 Å². The van der Waals surface area contributed by atoms with Gasteiger partial charge in [0, 0.05) is 23.3 Å². The molecule has 2 aromatic carbocycles. The molecule has 23 heavy (non-hydrogen) atoms. The lowest BCUT2D eigenvalue weighted by molar-refractivity contribution is 0.297. The number of aryl methyl sites for hydroxylation is 1. The van der Waals surface area contributed by atoms with Crippen LogP contribution in [0.5, 0.6) is 5.75 Å². The summed E-state index contributed by atoms with van der Waals surface area (Å²) in [6, 6.07) is 15.3. The smallest absolute Gasteiger partial charge is 0.258 e. The molecule has 0 amide bonds. The Morgan fingerprint density at radius 1 is 1.13 bits per heavy atom. The fourth-order valence-electron chi connectivity index (χ4n) is 2.60. The van der Waals surface area contributed by atoms with E-state index < -0.39 is 0 Å². The molecule has 1 heterocycles. The van der Waals surface area contributed by atoms with Gasteiger partial charge in [-0.05, 0) is 41.6 Å². The Hall–Kier alpha value is -2.75. The van der Waals surface area contributed by atoms with E-state index in [1.165, 1.54) is 5.56 Å². The molecule has 3 rings (SSSR count). The predicted molar refractivity (Wildman–Crippen MR) is 93.9 cm³/mol. The van der Waals surface area contributed by atoms with Crippen molar-refractivity contribution in [1.29, 1.82) is 0 Å². The molecular weight excluding hydrogens is 288 g/mol. The number of hydrogen-bond acceptors (Lipinski definition) is 3. The molecule has 0 fully saturated rings. The minimum atomic E-state index is 0.0151. The third-order valence-corrected chi connectivity index (χ3v) is 3.91. The highest BCUT2D eigenvalue weighted by molar-refractivity contribution is 5.82. The van der Waals surface area contributed by atoms with E-state index in [1.54, 1.807) is 10.6 Å². The van der Waals surface area contributed by atoms with Gasteiger partial charge in [-0.2, -0.15) is 0 Å². The van der Waals surface area contributed by atoms with Crippen LogP contribution in [0, 0.1) is 0 Å². The number of hydrogen-bond donors (Lipinski definition) is 1. The molecule has 0 aliphatic rings. The lowest BCUT2D eigenvalue weighted by Gasteiger charge is -2.10. The van der Waals surface area contributed by atoms with E-state index in [-0.39, 0.29) is 5.56 Å². The second-order valence-corrected chi connectivity index (χ2v) is 5.51. The van der Waals surface area contributed by atoms with Crippen molar-refractivity contribution in [2.24, 2.45) is 0 Å². The fraction of sp³-hybridized carbons (Fsp3) is 0.211. The fourth-order valence-corrected chi connectivity index (χ4v) is 2.60. The van der Waals surface area contributed by atoms with Gasteiger partial charge in [0.1, 0.15) is 12.4 Å². The molecule has 0 atom stereocenters. The van der Waals surface area contributed by atoms with Crippen molar-refractivity contribution in [3.63, 3.8) is 0 Å². The third-order valence-electron chi connectivity index (χ3n) is 3.91. The molecule has 0 aliphatic carbocycles. The van der Waals surface area contributed by atoms with Crippen LogP contribution in [0.1, 0.15) is 12.5 Å². The first kappa shape index (κ1) is 15.2. The summed E-state index contributed by atoms with van der Waals surface area (Å²) >= 11 is 0. The van der Waals surface area contributed by atoms with Crippen molar-refractivity contribution < 1.29 is 4.74 Å². The molecular formula is C19H20N2O2. The monoisotopic (exact) mass is 308 g/mol. The molecule has 0 radical (unpaired) electrons. The Labute approximate surface area is 135 Å². The molecule has 0 spiro atoms. The summed E-state index contributed by atoms with van der Waals surface area (Å²) < 4.78 is 7.34. The number of fused-ring (bicyclic) bond motifs is 1. The van der Waals surface area contributed by atoms with Crippen molar-refractivity contribution in [3.8, 4) is 5.75 Å². The number of benzene rings is 2. The van der Waals surface area contributed by atoms with E-state index in [9.17, 15) is 4.79 Å². The van der Waals surface area contributed by atoms with E-state index in [0.29, 0.717) is 24.6 Å². The molecule has 1 aromatic heterocycles. The summed E-state index contributed by atoms with van der Waals surface area (Å²) in [7, 11) is 0. The van der Waals surface area contributed by atoms with Gasteiger partial charge in [0.25, 0.3) is 5.56 Å². The van der Waals surface area contributed by atoms with Gasteiger partial charge in [0.15, 0.2) is 0 Å². The van der Waals surface area contributed by atoms with Crippen LogP contribution in [0.25, 0.3) is 10.8 Å². The number of pyridine rings is 1. The van der Waals surface area contributed by atoms with Crippen LogP contribution in [0.15, 0.2) is 59.5 Å². The summed E-state index contributed by atoms with van der Waals surface area (Å²) in [4.78, 5) is 12.5. The van der Waals surface area contributed by atoms with Gasteiger partial charge in [-0.3, -0.25) is 4.79 Å². The Morgan fingerprint density at radius 3 is 2.78 bits per heavy atom. The minimum Gasteiger partial charge on any atom is -0.492 e. The average molecular weight is 308 g/mol. The van der Waals surface area contributed by atoms with Crippen molar-refractivity contribution in [1.82, 2.24) is 4.57 Å². The van der Waals surface area contributed by atoms with Crippen molar-refractivity contribution >= 4 is 16.5 Å². The molecule has 0 saturated heterocycles. The number of anilines is 1. The van der Waals surface area contributed by atoms with E-state index in [0.717, 1.165) is 17.2 Å². The first-order valence-electron chi connectivity index (χ1n) is 7.78. The van der Waals surface area contributed by atoms with E-state index >= 15 is 0 Å². The molecule has 0 saturated carbocycles. The SMILES string of the molecule is CCc1ccc2c(=O)n(CCOc3cccc(N)c3)ccc2c1. The zero-order valence-corrected chi connectivity index (χ0v) is 13.2. The van der Waals surface area contributed by atoms with E-state index in [2.05, 4.69) is 13.0 Å². The standard InChI is InChI=1S/C19H20N2O2/c1-2-14-6-7-18-15(12-14)8-9-21(19(18)22)10-11-23-17-5-3-4-16(20)13-17/h3-9,12-13H,2,10-11,20H2,1H3. The van der Waals surface area contributed by atoms with Gasteiger partial charge < -0.3 is 15.0 Å². The normalized spacial score (nSPS) is 10.8. The zero-order valence-electron chi connectivity index (χ0n) is 13.2. The number of nitrogens with two attached hydrogens (primary N) is 1. The maximum absolute atomic E-state index is 12.5. The number of nitrogen functional groups attached to an aromatic ring is 1. The van der Waals surface area contributed by atoms with Crippen LogP contribution in [-0.4, -0.2) is 11.2 Å². The number of nitrogens with zero attached hydrogens (tertiary/aromatic N) is 1. The zero-order chi connectivity index (χ0) is 16.2. The van der Waals surface area contributed by atoms with Crippen LogP contribution >= 0.6 is 0 Å². The highest BCUT2D eigenvalue weighted by Crippen LogP contribution is 2.15. The van der Waals surface area contributed by atoms with Crippen LogP contribution in [0.3, 0.4) is 0 Å². The first-order chi connectivity index (χ1) is 11.2. The van der Waals surface area contributed by atoms with E-state index in [1.807, 2.05) is 42.6 Å². The largest absolute Gasteiger partial charge is 0.492 e. The summed E-state index contributed by atoms with van der Waals surface area (Å²) in [5.74, 6) is 0.714. The lowest BCUT2D eigenvalue weighted by atomic mass is 10.1. The summed E-state index contributed by atoms with van der Waals surface area (Å²) in [5, 5.41) is 1.73. The topological polar surface area (TPSA) is 57.2 Å². The lowest BCUT2D eigenvalue weighted by Crippen LogP contribution is -2.22. The molecule has 4 heteroatoms. The minimum absolute atomic E-state index is 0.0151. The van der Waals surface area contributed by atoms with Crippen molar-refractivity contribution in [2.45, 2.75) is 19.9 Å². The molecule has 2 N–H and O–H groups in total. The van der Waals surface area contributed by atoms with Crippen LogP contribution in [0.2, 0.25) is 0 Å². The second kappa shape index (κ2) is 6.57. The van der Waals surface area contributed by atoms with Crippen molar-refractivity contribution in [2.75, 3.05) is 12.3 Å². The third kappa shape index (κ3) is 3.37. The molecule has 0 bridgehead atoms. The van der Waals surface area contributed by atoms with Crippen molar-refractivity contribution in [3.05, 3.63) is 70.6 Å². The van der Waals surface area contributed by atoms with Gasteiger partial charge in [0.2, 0.25) is 0 Å². The summed E-state index contributed by atoms with van der Waals surface area (Å²) in [6.07, 6.45) is 2.79. The van der Waals surface area contributed by atoms with Gasteiger partial charge in [-0.1, -0.05) is 25.1 Å². The highest BCUT2D eigenvalue weighted by atomic mass is 16.5. The van der Waals surface area contributed by atoms with Crippen LogP contribution in [-0.2, 0) is 13.0 Å². The molecule has 3 aromatic rings. The van der Waals surface area contributed by atoms with Gasteiger partial charge in [-0.25, -0.2) is 0 Å². The molecule has 118 valence electrons. The Bertz CT molecular complexity index is 884. The predicted octanol–water partition coefficient (Wildman–Crippen LogP) is 3.23. The van der Waals surface area contributed by atoms with Gasteiger partial charge in [-0.15, -0.1) is 0 Å². The summed E-state index contributed by atoms with van der Waals surface area (Å²) in [6.45, 7) is 3.02. The van der Waals surface area contributed by atoms with E-state index in [4.69, 9.17) is 10.5 Å². The number of rotatable bonds is 5. The quantitative estimate of drug-likeness (QED) is 0.736. The summed E-state index contributed by atoms with van der Waals surface area (Å²) in [5.41, 5.74) is 7.63. The van der Waals surface area contributed by atoms with Crippen LogP contribution < -0.4 is 16.0 Å². The number of aromatic nitrogens is 1. The Kier molecular flexibility index (Phi) is 4.33. The number of ether oxygens (including phenoxy) is 1. The van der Waals surface area contributed by atoms with Crippen LogP contribution in [0.4, 0.5) is 5.69 Å². The average Bonchev–Trinajstić information content (AvgIpc) is 2.56. The maximum atomic E-state index is 12.5. The second-order valence-electron chi connectivity index (χ2n) is 5.51. The van der Waals surface area contributed by atoms with Gasteiger partial charge >= 0.3 is 0 Å². The Morgan fingerprint density at radius 2 is 2.00 bits per heavy atom. The maximum Gasteiger partial charge on any atom is 0.258 e.